The smallest absolute Gasteiger partial charge is 0.0575 e. The van der Waals surface area contributed by atoms with Crippen molar-refractivity contribution >= 4 is 11.6 Å². The minimum absolute atomic E-state index is 0.144. The Morgan fingerprint density at radius 3 is 3.00 bits per heavy atom. The summed E-state index contributed by atoms with van der Waals surface area (Å²) in [6.07, 6.45) is 8.05. The summed E-state index contributed by atoms with van der Waals surface area (Å²) in [4.78, 5) is 4.38. The SMILES string of the molecule is CC(c1ccccn1)C(Cl)CCC1CCCCO1. The van der Waals surface area contributed by atoms with Gasteiger partial charge in [-0.25, -0.2) is 0 Å². The van der Waals surface area contributed by atoms with E-state index in [1.165, 1.54) is 19.3 Å². The Hall–Kier alpha value is -0.600. The highest BCUT2D eigenvalue weighted by atomic mass is 35.5. The van der Waals surface area contributed by atoms with Gasteiger partial charge in [0.2, 0.25) is 0 Å². The molecular formula is C15H22ClNO. The van der Waals surface area contributed by atoms with Crippen LogP contribution in [0.5, 0.6) is 0 Å². The largest absolute Gasteiger partial charge is 0.378 e. The molecule has 3 atom stereocenters. The summed E-state index contributed by atoms with van der Waals surface area (Å²) < 4.78 is 5.74. The first-order valence-corrected chi connectivity index (χ1v) is 7.37. The molecule has 1 aromatic rings. The van der Waals surface area contributed by atoms with Gasteiger partial charge in [-0.15, -0.1) is 11.6 Å². The molecule has 0 aromatic carbocycles. The van der Waals surface area contributed by atoms with Crippen LogP contribution in [0.2, 0.25) is 0 Å². The summed E-state index contributed by atoms with van der Waals surface area (Å²) in [5.74, 6) is 0.302. The summed E-state index contributed by atoms with van der Waals surface area (Å²) in [6.45, 7) is 3.08. The van der Waals surface area contributed by atoms with E-state index < -0.39 is 0 Å². The summed E-state index contributed by atoms with van der Waals surface area (Å²) in [5.41, 5.74) is 1.09. The lowest BCUT2D eigenvalue weighted by Gasteiger charge is -2.24. The Morgan fingerprint density at radius 1 is 1.44 bits per heavy atom. The van der Waals surface area contributed by atoms with E-state index in [-0.39, 0.29) is 5.38 Å². The second kappa shape index (κ2) is 7.10. The zero-order valence-electron chi connectivity index (χ0n) is 11.0. The highest BCUT2D eigenvalue weighted by molar-refractivity contribution is 6.21. The maximum atomic E-state index is 6.49. The first kappa shape index (κ1) is 13.8. The fourth-order valence-electron chi connectivity index (χ4n) is 2.46. The van der Waals surface area contributed by atoms with Gasteiger partial charge in [-0.2, -0.15) is 0 Å². The van der Waals surface area contributed by atoms with Crippen LogP contribution in [0.1, 0.15) is 50.6 Å². The molecule has 0 radical (unpaired) electrons. The van der Waals surface area contributed by atoms with Crippen molar-refractivity contribution in [1.82, 2.24) is 4.98 Å². The van der Waals surface area contributed by atoms with Gasteiger partial charge in [0.1, 0.15) is 0 Å². The van der Waals surface area contributed by atoms with E-state index in [2.05, 4.69) is 18.0 Å². The molecule has 1 saturated heterocycles. The second-order valence-electron chi connectivity index (χ2n) is 5.13. The monoisotopic (exact) mass is 267 g/mol. The Labute approximate surface area is 115 Å². The lowest BCUT2D eigenvalue weighted by Crippen LogP contribution is -2.21. The molecule has 2 heterocycles. The molecule has 1 aliphatic heterocycles. The molecule has 2 nitrogen and oxygen atoms in total. The van der Waals surface area contributed by atoms with Crippen molar-refractivity contribution in [2.75, 3.05) is 6.61 Å². The molecule has 1 fully saturated rings. The quantitative estimate of drug-likeness (QED) is 0.748. The number of pyridine rings is 1. The number of rotatable bonds is 5. The van der Waals surface area contributed by atoms with Crippen molar-refractivity contribution in [2.24, 2.45) is 0 Å². The molecule has 2 rings (SSSR count). The van der Waals surface area contributed by atoms with Crippen LogP contribution in [-0.4, -0.2) is 23.1 Å². The van der Waals surface area contributed by atoms with Crippen LogP contribution >= 0.6 is 11.6 Å². The predicted molar refractivity (Wildman–Crippen MR) is 75.1 cm³/mol. The van der Waals surface area contributed by atoms with Crippen LogP contribution in [0.15, 0.2) is 24.4 Å². The Bertz CT molecular complexity index is 338. The van der Waals surface area contributed by atoms with Crippen molar-refractivity contribution in [3.63, 3.8) is 0 Å². The van der Waals surface area contributed by atoms with Gasteiger partial charge in [0, 0.05) is 29.8 Å². The number of halogens is 1. The summed E-state index contributed by atoms with van der Waals surface area (Å²) in [5, 5.41) is 0.144. The standard InChI is InChI=1S/C15H22ClNO/c1-12(15-7-2-4-10-17-15)14(16)9-8-13-6-3-5-11-18-13/h2,4,7,10,12-14H,3,5-6,8-9,11H2,1H3. The fourth-order valence-corrected chi connectivity index (χ4v) is 2.72. The Kier molecular flexibility index (Phi) is 5.45. The van der Waals surface area contributed by atoms with E-state index >= 15 is 0 Å². The number of ether oxygens (including phenoxy) is 1. The molecule has 0 saturated carbocycles. The zero-order chi connectivity index (χ0) is 12.8. The average Bonchev–Trinajstić information content (AvgIpc) is 2.46. The predicted octanol–water partition coefficient (Wildman–Crippen LogP) is 4.14. The number of hydrogen-bond donors (Lipinski definition) is 0. The van der Waals surface area contributed by atoms with Gasteiger partial charge >= 0.3 is 0 Å². The lowest BCUT2D eigenvalue weighted by molar-refractivity contribution is 0.00980. The van der Waals surface area contributed by atoms with Crippen LogP contribution < -0.4 is 0 Å². The van der Waals surface area contributed by atoms with Gasteiger partial charge < -0.3 is 4.74 Å². The van der Waals surface area contributed by atoms with Crippen molar-refractivity contribution in [3.8, 4) is 0 Å². The van der Waals surface area contributed by atoms with E-state index in [1.807, 2.05) is 18.3 Å². The van der Waals surface area contributed by atoms with Gasteiger partial charge in [-0.3, -0.25) is 4.98 Å². The van der Waals surface area contributed by atoms with Crippen molar-refractivity contribution in [3.05, 3.63) is 30.1 Å². The molecule has 0 aliphatic carbocycles. The molecule has 3 heteroatoms. The van der Waals surface area contributed by atoms with Gasteiger partial charge in [-0.1, -0.05) is 13.0 Å². The summed E-state index contributed by atoms with van der Waals surface area (Å²) in [6, 6.07) is 6.01. The van der Waals surface area contributed by atoms with Crippen molar-refractivity contribution in [1.29, 1.82) is 0 Å². The summed E-state index contributed by atoms with van der Waals surface area (Å²) in [7, 11) is 0. The molecule has 0 N–H and O–H groups in total. The maximum absolute atomic E-state index is 6.49. The number of nitrogens with zero attached hydrogens (tertiary/aromatic N) is 1. The maximum Gasteiger partial charge on any atom is 0.0575 e. The number of hydrogen-bond acceptors (Lipinski definition) is 2. The van der Waals surface area contributed by atoms with Crippen molar-refractivity contribution < 1.29 is 4.74 Å². The highest BCUT2D eigenvalue weighted by Crippen LogP contribution is 2.27. The highest BCUT2D eigenvalue weighted by Gasteiger charge is 2.20. The van der Waals surface area contributed by atoms with Crippen LogP contribution in [0.25, 0.3) is 0 Å². The molecular weight excluding hydrogens is 246 g/mol. The van der Waals surface area contributed by atoms with Crippen LogP contribution in [0.4, 0.5) is 0 Å². The molecule has 1 aliphatic rings. The molecule has 18 heavy (non-hydrogen) atoms. The third-order valence-corrected chi connectivity index (χ3v) is 4.33. The molecule has 0 amide bonds. The van der Waals surface area contributed by atoms with E-state index in [0.717, 1.165) is 25.1 Å². The van der Waals surface area contributed by atoms with E-state index in [4.69, 9.17) is 16.3 Å². The third-order valence-electron chi connectivity index (χ3n) is 3.74. The normalized spacial score (nSPS) is 23.6. The summed E-state index contributed by atoms with van der Waals surface area (Å²) >= 11 is 6.49. The molecule has 1 aromatic heterocycles. The topological polar surface area (TPSA) is 22.1 Å². The minimum atomic E-state index is 0.144. The first-order chi connectivity index (χ1) is 8.77. The molecule has 0 bridgehead atoms. The van der Waals surface area contributed by atoms with E-state index in [9.17, 15) is 0 Å². The lowest BCUT2D eigenvalue weighted by atomic mass is 9.96. The third kappa shape index (κ3) is 3.96. The Morgan fingerprint density at radius 2 is 2.33 bits per heavy atom. The number of aromatic nitrogens is 1. The van der Waals surface area contributed by atoms with Gasteiger partial charge in [0.05, 0.1) is 6.10 Å². The minimum Gasteiger partial charge on any atom is -0.378 e. The van der Waals surface area contributed by atoms with Crippen molar-refractivity contribution in [2.45, 2.75) is 56.4 Å². The molecule has 0 spiro atoms. The van der Waals surface area contributed by atoms with Crippen LogP contribution in [0.3, 0.4) is 0 Å². The van der Waals surface area contributed by atoms with E-state index in [0.29, 0.717) is 12.0 Å². The molecule has 3 unspecified atom stereocenters. The van der Waals surface area contributed by atoms with Crippen LogP contribution in [-0.2, 0) is 4.74 Å². The Balaban J connectivity index is 1.78. The first-order valence-electron chi connectivity index (χ1n) is 6.94. The van der Waals surface area contributed by atoms with Gasteiger partial charge in [0.25, 0.3) is 0 Å². The number of alkyl halides is 1. The zero-order valence-corrected chi connectivity index (χ0v) is 11.8. The van der Waals surface area contributed by atoms with Gasteiger partial charge in [0.15, 0.2) is 0 Å². The van der Waals surface area contributed by atoms with E-state index in [1.54, 1.807) is 0 Å². The second-order valence-corrected chi connectivity index (χ2v) is 5.69. The van der Waals surface area contributed by atoms with Crippen LogP contribution in [0, 0.1) is 0 Å². The average molecular weight is 268 g/mol. The fraction of sp³-hybridized carbons (Fsp3) is 0.667. The molecule has 100 valence electrons. The van der Waals surface area contributed by atoms with Gasteiger partial charge in [-0.05, 0) is 44.2 Å².